The van der Waals surface area contributed by atoms with Crippen LogP contribution >= 0.6 is 11.3 Å². The predicted octanol–water partition coefficient (Wildman–Crippen LogP) is 2.86. The summed E-state index contributed by atoms with van der Waals surface area (Å²) in [7, 11) is 0. The van der Waals surface area contributed by atoms with Gasteiger partial charge in [-0.1, -0.05) is 20.8 Å². The predicted molar refractivity (Wildman–Crippen MR) is 95.9 cm³/mol. The van der Waals surface area contributed by atoms with E-state index in [2.05, 4.69) is 36.0 Å². The van der Waals surface area contributed by atoms with Gasteiger partial charge in [0.05, 0.1) is 18.8 Å². The van der Waals surface area contributed by atoms with Gasteiger partial charge in [-0.05, 0) is 38.8 Å². The molecule has 130 valence electrons. The van der Waals surface area contributed by atoms with Crippen molar-refractivity contribution in [3.05, 3.63) is 16.1 Å². The van der Waals surface area contributed by atoms with Crippen molar-refractivity contribution in [2.75, 3.05) is 26.2 Å². The number of nitrogens with zero attached hydrogens (tertiary/aromatic N) is 3. The zero-order valence-corrected chi connectivity index (χ0v) is 15.6. The maximum absolute atomic E-state index is 9.53. The SMILES string of the molecule is CC(C)(C)c1csc(CN2CCCC2CN2CCCC2CO)n1. The summed E-state index contributed by atoms with van der Waals surface area (Å²) in [6, 6.07) is 1.02. The quantitative estimate of drug-likeness (QED) is 0.897. The highest BCUT2D eigenvalue weighted by Crippen LogP contribution is 2.28. The van der Waals surface area contributed by atoms with Crippen molar-refractivity contribution >= 4 is 11.3 Å². The lowest BCUT2D eigenvalue weighted by Gasteiger charge is -2.30. The number of hydrogen-bond acceptors (Lipinski definition) is 5. The minimum Gasteiger partial charge on any atom is -0.395 e. The minimum absolute atomic E-state index is 0.142. The maximum Gasteiger partial charge on any atom is 0.107 e. The molecule has 5 heteroatoms. The Hall–Kier alpha value is -0.490. The van der Waals surface area contributed by atoms with Crippen molar-refractivity contribution < 1.29 is 5.11 Å². The van der Waals surface area contributed by atoms with Crippen LogP contribution in [-0.4, -0.2) is 58.2 Å². The van der Waals surface area contributed by atoms with Crippen molar-refractivity contribution in [1.29, 1.82) is 0 Å². The molecule has 2 saturated heterocycles. The van der Waals surface area contributed by atoms with E-state index in [1.807, 2.05) is 0 Å². The molecule has 1 aromatic heterocycles. The lowest BCUT2D eigenvalue weighted by molar-refractivity contribution is 0.120. The zero-order chi connectivity index (χ0) is 16.4. The molecule has 0 aliphatic carbocycles. The number of aliphatic hydroxyl groups excluding tert-OH is 1. The van der Waals surface area contributed by atoms with Crippen LogP contribution in [0.5, 0.6) is 0 Å². The topological polar surface area (TPSA) is 39.6 Å². The summed E-state index contributed by atoms with van der Waals surface area (Å²) in [6.07, 6.45) is 4.97. The van der Waals surface area contributed by atoms with Crippen molar-refractivity contribution in [1.82, 2.24) is 14.8 Å². The van der Waals surface area contributed by atoms with Crippen LogP contribution in [0.25, 0.3) is 0 Å². The molecular formula is C18H31N3OS. The summed E-state index contributed by atoms with van der Waals surface area (Å²) >= 11 is 1.81. The molecule has 2 unspecified atom stereocenters. The van der Waals surface area contributed by atoms with Gasteiger partial charge in [0.1, 0.15) is 5.01 Å². The number of aromatic nitrogens is 1. The summed E-state index contributed by atoms with van der Waals surface area (Å²) < 4.78 is 0. The molecule has 0 aromatic carbocycles. The van der Waals surface area contributed by atoms with Crippen molar-refractivity contribution in [2.45, 2.75) is 70.5 Å². The first kappa shape index (κ1) is 17.3. The van der Waals surface area contributed by atoms with Crippen molar-refractivity contribution in [3.63, 3.8) is 0 Å². The van der Waals surface area contributed by atoms with Gasteiger partial charge in [-0.3, -0.25) is 9.80 Å². The van der Waals surface area contributed by atoms with Crippen LogP contribution in [0.3, 0.4) is 0 Å². The Labute approximate surface area is 144 Å². The van der Waals surface area contributed by atoms with Gasteiger partial charge < -0.3 is 5.11 Å². The standard InChI is InChI=1S/C18H31N3OS/c1-18(2,3)16-13-23-17(19-16)11-21-9-4-6-14(21)10-20-8-5-7-15(20)12-22/h13-15,22H,4-12H2,1-3H3. The fraction of sp³-hybridized carbons (Fsp3) is 0.833. The number of likely N-dealkylation sites (tertiary alicyclic amines) is 2. The lowest BCUT2D eigenvalue weighted by atomic mass is 9.93. The summed E-state index contributed by atoms with van der Waals surface area (Å²) in [6.45, 7) is 11.4. The average molecular weight is 338 g/mol. The monoisotopic (exact) mass is 337 g/mol. The molecule has 0 bridgehead atoms. The fourth-order valence-electron chi connectivity index (χ4n) is 3.82. The molecule has 1 N–H and O–H groups in total. The van der Waals surface area contributed by atoms with Gasteiger partial charge in [-0.25, -0.2) is 4.98 Å². The van der Waals surface area contributed by atoms with Crippen LogP contribution in [-0.2, 0) is 12.0 Å². The van der Waals surface area contributed by atoms with E-state index >= 15 is 0 Å². The van der Waals surface area contributed by atoms with Crippen LogP contribution in [0.15, 0.2) is 5.38 Å². The second-order valence-corrected chi connectivity index (χ2v) is 9.06. The molecule has 1 aromatic rings. The van der Waals surface area contributed by atoms with Crippen LogP contribution in [0, 0.1) is 0 Å². The Morgan fingerprint density at radius 2 is 1.87 bits per heavy atom. The average Bonchev–Trinajstić information content (AvgIpc) is 3.21. The highest BCUT2D eigenvalue weighted by Gasteiger charge is 2.31. The Morgan fingerprint density at radius 1 is 1.17 bits per heavy atom. The third kappa shape index (κ3) is 4.13. The third-order valence-electron chi connectivity index (χ3n) is 5.31. The van der Waals surface area contributed by atoms with Gasteiger partial charge in [0.25, 0.3) is 0 Å². The highest BCUT2D eigenvalue weighted by atomic mass is 32.1. The molecule has 0 saturated carbocycles. The summed E-state index contributed by atoms with van der Waals surface area (Å²) in [5.74, 6) is 0. The molecule has 2 atom stereocenters. The van der Waals surface area contributed by atoms with E-state index < -0.39 is 0 Å². The van der Waals surface area contributed by atoms with Gasteiger partial charge >= 0.3 is 0 Å². The molecule has 23 heavy (non-hydrogen) atoms. The highest BCUT2D eigenvalue weighted by molar-refractivity contribution is 7.09. The number of rotatable bonds is 5. The van der Waals surface area contributed by atoms with Gasteiger partial charge in [-0.15, -0.1) is 11.3 Å². The molecule has 3 rings (SSSR count). The number of hydrogen-bond donors (Lipinski definition) is 1. The molecule has 4 nitrogen and oxygen atoms in total. The van der Waals surface area contributed by atoms with Crippen LogP contribution in [0.2, 0.25) is 0 Å². The van der Waals surface area contributed by atoms with E-state index in [-0.39, 0.29) is 5.41 Å². The van der Waals surface area contributed by atoms with Crippen LogP contribution in [0.4, 0.5) is 0 Å². The largest absolute Gasteiger partial charge is 0.395 e. The molecule has 3 heterocycles. The fourth-order valence-corrected chi connectivity index (χ4v) is 4.87. The van der Waals surface area contributed by atoms with E-state index in [4.69, 9.17) is 4.98 Å². The van der Waals surface area contributed by atoms with Crippen molar-refractivity contribution in [2.24, 2.45) is 0 Å². The minimum atomic E-state index is 0.142. The lowest BCUT2D eigenvalue weighted by Crippen LogP contribution is -2.43. The molecule has 2 aliphatic heterocycles. The molecule has 0 radical (unpaired) electrons. The number of thiazole rings is 1. The third-order valence-corrected chi connectivity index (χ3v) is 6.15. The molecular weight excluding hydrogens is 306 g/mol. The maximum atomic E-state index is 9.53. The summed E-state index contributed by atoms with van der Waals surface area (Å²) in [5.41, 5.74) is 1.36. The van der Waals surface area contributed by atoms with E-state index in [0.717, 1.165) is 26.1 Å². The van der Waals surface area contributed by atoms with Gasteiger partial charge in [0.15, 0.2) is 0 Å². The summed E-state index contributed by atoms with van der Waals surface area (Å²) in [5, 5.41) is 13.0. The van der Waals surface area contributed by atoms with E-state index in [1.54, 1.807) is 11.3 Å². The summed E-state index contributed by atoms with van der Waals surface area (Å²) in [4.78, 5) is 9.98. The zero-order valence-electron chi connectivity index (χ0n) is 14.8. The van der Waals surface area contributed by atoms with Crippen molar-refractivity contribution in [3.8, 4) is 0 Å². The Bertz CT molecular complexity index is 511. The first-order chi connectivity index (χ1) is 11.0. The number of aliphatic hydroxyl groups is 1. The first-order valence-corrected chi connectivity index (χ1v) is 9.89. The second-order valence-electron chi connectivity index (χ2n) is 8.12. The molecule has 0 spiro atoms. The van der Waals surface area contributed by atoms with Crippen LogP contribution in [0.1, 0.15) is 57.2 Å². The van der Waals surface area contributed by atoms with E-state index in [9.17, 15) is 5.11 Å². The van der Waals surface area contributed by atoms with Gasteiger partial charge in [-0.2, -0.15) is 0 Å². The van der Waals surface area contributed by atoms with Crippen LogP contribution < -0.4 is 0 Å². The molecule has 2 fully saturated rings. The Morgan fingerprint density at radius 3 is 2.52 bits per heavy atom. The normalized spacial score (nSPS) is 27.1. The Kier molecular flexibility index (Phi) is 5.41. The second kappa shape index (κ2) is 7.18. The Balaban J connectivity index is 1.59. The van der Waals surface area contributed by atoms with E-state index in [1.165, 1.54) is 36.5 Å². The van der Waals surface area contributed by atoms with Gasteiger partial charge in [0, 0.05) is 29.4 Å². The molecule has 0 amide bonds. The van der Waals surface area contributed by atoms with E-state index in [0.29, 0.717) is 18.7 Å². The first-order valence-electron chi connectivity index (χ1n) is 9.01. The molecule has 2 aliphatic rings. The van der Waals surface area contributed by atoms with Gasteiger partial charge in [0.2, 0.25) is 0 Å². The smallest absolute Gasteiger partial charge is 0.107 e.